The molecule has 0 unspecified atom stereocenters. The van der Waals surface area contributed by atoms with Crippen LogP contribution < -0.4 is 10.1 Å². The van der Waals surface area contributed by atoms with Crippen LogP contribution in [0.25, 0.3) is 0 Å². The van der Waals surface area contributed by atoms with Gasteiger partial charge in [0.05, 0.1) is 12.2 Å². The molecule has 3 amide bonds. The molecular weight excluding hydrogens is 298 g/mol. The van der Waals surface area contributed by atoms with Gasteiger partial charge >= 0.3 is 0 Å². The van der Waals surface area contributed by atoms with Crippen LogP contribution in [0.3, 0.4) is 0 Å². The van der Waals surface area contributed by atoms with E-state index in [1.54, 1.807) is 30.1 Å². The molecule has 1 aliphatic heterocycles. The normalized spacial score (nSPS) is 12.7. The molecule has 0 aromatic heterocycles. The van der Waals surface area contributed by atoms with Crippen LogP contribution in [0.2, 0.25) is 0 Å². The number of carbonyl (C=O) groups is 3. The number of carbonyl (C=O) groups excluding carboxylic acids is 3. The molecule has 0 saturated heterocycles. The number of anilines is 1. The number of likely N-dealkylation sites (N-methyl/N-ethyl adjacent to an activating group) is 2. The largest absolute Gasteiger partial charge is 0.482 e. The fraction of sp³-hybridized carbons (Fsp3) is 0.438. The number of benzene rings is 1. The van der Waals surface area contributed by atoms with Gasteiger partial charge in [-0.3, -0.25) is 14.4 Å². The molecule has 7 heteroatoms. The first-order valence-electron chi connectivity index (χ1n) is 7.56. The topological polar surface area (TPSA) is 79.0 Å². The Morgan fingerprint density at radius 2 is 1.96 bits per heavy atom. The lowest BCUT2D eigenvalue weighted by atomic mass is 10.1. The van der Waals surface area contributed by atoms with E-state index in [0.29, 0.717) is 30.1 Å². The molecule has 0 spiro atoms. The van der Waals surface area contributed by atoms with E-state index >= 15 is 0 Å². The lowest BCUT2D eigenvalue weighted by Crippen LogP contribution is -2.41. The SMILES string of the molecule is CCN(CC)C(=O)CN(C)C(=O)c1ccc2c(c1)OCC(=O)N2. The van der Waals surface area contributed by atoms with Crippen LogP contribution in [0.1, 0.15) is 24.2 Å². The second-order valence-electron chi connectivity index (χ2n) is 5.28. The number of nitrogens with one attached hydrogen (secondary N) is 1. The van der Waals surface area contributed by atoms with Crippen molar-refractivity contribution in [1.29, 1.82) is 0 Å². The van der Waals surface area contributed by atoms with Gasteiger partial charge in [0.2, 0.25) is 5.91 Å². The van der Waals surface area contributed by atoms with E-state index in [1.807, 2.05) is 13.8 Å². The minimum absolute atomic E-state index is 0.0230. The van der Waals surface area contributed by atoms with Gasteiger partial charge in [-0.05, 0) is 32.0 Å². The zero-order valence-electron chi connectivity index (χ0n) is 13.6. The Kier molecular flexibility index (Phi) is 5.20. The summed E-state index contributed by atoms with van der Waals surface area (Å²) in [5.41, 5.74) is 0.953. The van der Waals surface area contributed by atoms with Crippen LogP contribution in [-0.2, 0) is 9.59 Å². The molecule has 1 aromatic rings. The van der Waals surface area contributed by atoms with Crippen molar-refractivity contribution in [3.8, 4) is 5.75 Å². The van der Waals surface area contributed by atoms with Gasteiger partial charge in [-0.2, -0.15) is 0 Å². The summed E-state index contributed by atoms with van der Waals surface area (Å²) in [5, 5.41) is 2.67. The summed E-state index contributed by atoms with van der Waals surface area (Å²) in [7, 11) is 1.59. The fourth-order valence-electron chi connectivity index (χ4n) is 2.38. The maximum Gasteiger partial charge on any atom is 0.262 e. The van der Waals surface area contributed by atoms with E-state index in [-0.39, 0.29) is 30.9 Å². The van der Waals surface area contributed by atoms with Crippen LogP contribution in [0.4, 0.5) is 5.69 Å². The first-order valence-corrected chi connectivity index (χ1v) is 7.56. The average Bonchev–Trinajstić information content (AvgIpc) is 2.54. The van der Waals surface area contributed by atoms with Crippen LogP contribution in [0, 0.1) is 0 Å². The van der Waals surface area contributed by atoms with Crippen molar-refractivity contribution >= 4 is 23.4 Å². The van der Waals surface area contributed by atoms with Crippen LogP contribution in [0.15, 0.2) is 18.2 Å². The maximum atomic E-state index is 12.4. The van der Waals surface area contributed by atoms with E-state index in [4.69, 9.17) is 4.74 Å². The first-order chi connectivity index (χ1) is 11.0. The highest BCUT2D eigenvalue weighted by Gasteiger charge is 2.21. The minimum atomic E-state index is -0.270. The summed E-state index contributed by atoms with van der Waals surface area (Å²) in [4.78, 5) is 38.8. The predicted octanol–water partition coefficient (Wildman–Crippen LogP) is 0.958. The molecule has 0 aliphatic carbocycles. The number of hydrogen-bond acceptors (Lipinski definition) is 4. The number of amides is 3. The number of rotatable bonds is 5. The van der Waals surface area contributed by atoms with Crippen molar-refractivity contribution in [2.24, 2.45) is 0 Å². The van der Waals surface area contributed by atoms with Gasteiger partial charge in [0.25, 0.3) is 11.8 Å². The molecule has 0 bridgehead atoms. The molecule has 124 valence electrons. The molecule has 7 nitrogen and oxygen atoms in total. The van der Waals surface area contributed by atoms with E-state index in [9.17, 15) is 14.4 Å². The molecule has 1 aliphatic rings. The van der Waals surface area contributed by atoms with Crippen molar-refractivity contribution in [3.05, 3.63) is 23.8 Å². The molecule has 1 heterocycles. The molecular formula is C16H21N3O4. The summed E-state index contributed by atoms with van der Waals surface area (Å²) in [6.45, 7) is 4.99. The Morgan fingerprint density at radius 1 is 1.26 bits per heavy atom. The van der Waals surface area contributed by atoms with Gasteiger partial charge in [0, 0.05) is 25.7 Å². The highest BCUT2D eigenvalue weighted by atomic mass is 16.5. The van der Waals surface area contributed by atoms with Gasteiger partial charge in [-0.25, -0.2) is 0 Å². The Hall–Kier alpha value is -2.57. The summed E-state index contributed by atoms with van der Waals surface area (Å²) in [5.74, 6) is -0.126. The molecule has 0 saturated carbocycles. The summed E-state index contributed by atoms with van der Waals surface area (Å²) in [6, 6.07) is 4.81. The number of fused-ring (bicyclic) bond motifs is 1. The third kappa shape index (κ3) is 3.80. The molecule has 2 rings (SSSR count). The van der Waals surface area contributed by atoms with Crippen LogP contribution in [0.5, 0.6) is 5.75 Å². The Labute approximate surface area is 135 Å². The van der Waals surface area contributed by atoms with Crippen LogP contribution in [-0.4, -0.2) is 60.8 Å². The summed E-state index contributed by atoms with van der Waals surface area (Å²) in [6.07, 6.45) is 0. The maximum absolute atomic E-state index is 12.4. The highest BCUT2D eigenvalue weighted by Crippen LogP contribution is 2.28. The van der Waals surface area contributed by atoms with Crippen molar-refractivity contribution in [2.45, 2.75) is 13.8 Å². The molecule has 0 radical (unpaired) electrons. The predicted molar refractivity (Wildman–Crippen MR) is 85.5 cm³/mol. The molecule has 23 heavy (non-hydrogen) atoms. The van der Waals surface area contributed by atoms with Crippen molar-refractivity contribution < 1.29 is 19.1 Å². The Bertz CT molecular complexity index is 626. The third-order valence-corrected chi connectivity index (χ3v) is 3.70. The number of nitrogens with zero attached hydrogens (tertiary/aromatic N) is 2. The van der Waals surface area contributed by atoms with Crippen molar-refractivity contribution in [3.63, 3.8) is 0 Å². The molecule has 0 atom stereocenters. The van der Waals surface area contributed by atoms with E-state index in [2.05, 4.69) is 5.32 Å². The average molecular weight is 319 g/mol. The second-order valence-corrected chi connectivity index (χ2v) is 5.28. The Balaban J connectivity index is 2.08. The van der Waals surface area contributed by atoms with Gasteiger partial charge in [-0.15, -0.1) is 0 Å². The van der Waals surface area contributed by atoms with Crippen molar-refractivity contribution in [1.82, 2.24) is 9.80 Å². The minimum Gasteiger partial charge on any atom is -0.482 e. The molecule has 1 aromatic carbocycles. The van der Waals surface area contributed by atoms with Crippen molar-refractivity contribution in [2.75, 3.05) is 38.6 Å². The van der Waals surface area contributed by atoms with E-state index in [1.165, 1.54) is 4.90 Å². The van der Waals surface area contributed by atoms with E-state index in [0.717, 1.165) is 0 Å². The Morgan fingerprint density at radius 3 is 2.61 bits per heavy atom. The second kappa shape index (κ2) is 7.13. The number of ether oxygens (including phenoxy) is 1. The lowest BCUT2D eigenvalue weighted by molar-refractivity contribution is -0.131. The summed E-state index contributed by atoms with van der Waals surface area (Å²) < 4.78 is 5.30. The summed E-state index contributed by atoms with van der Waals surface area (Å²) >= 11 is 0. The highest BCUT2D eigenvalue weighted by molar-refractivity contribution is 5.99. The zero-order chi connectivity index (χ0) is 17.0. The van der Waals surface area contributed by atoms with Gasteiger partial charge in [0.15, 0.2) is 6.61 Å². The fourth-order valence-corrected chi connectivity index (χ4v) is 2.38. The standard InChI is InChI=1S/C16H21N3O4/c1-4-19(5-2)15(21)9-18(3)16(22)11-6-7-12-13(8-11)23-10-14(20)17-12/h6-8H,4-5,9-10H2,1-3H3,(H,17,20). The number of hydrogen-bond donors (Lipinski definition) is 1. The molecule has 0 fully saturated rings. The molecule has 1 N–H and O–H groups in total. The lowest BCUT2D eigenvalue weighted by Gasteiger charge is -2.24. The zero-order valence-corrected chi connectivity index (χ0v) is 13.6. The van der Waals surface area contributed by atoms with Gasteiger partial charge in [0.1, 0.15) is 5.75 Å². The monoisotopic (exact) mass is 319 g/mol. The first kappa shape index (κ1) is 16.8. The quantitative estimate of drug-likeness (QED) is 0.877. The van der Waals surface area contributed by atoms with Crippen LogP contribution >= 0.6 is 0 Å². The smallest absolute Gasteiger partial charge is 0.262 e. The van der Waals surface area contributed by atoms with E-state index < -0.39 is 0 Å². The third-order valence-electron chi connectivity index (χ3n) is 3.70. The van der Waals surface area contributed by atoms with Gasteiger partial charge in [-0.1, -0.05) is 0 Å². The van der Waals surface area contributed by atoms with Gasteiger partial charge < -0.3 is 19.9 Å².